The Morgan fingerprint density at radius 2 is 2.64 bits per heavy atom. The molecule has 60 valence electrons. The van der Waals surface area contributed by atoms with Crippen LogP contribution in [0, 0.1) is 0 Å². The molecule has 0 bridgehead atoms. The third-order valence-electron chi connectivity index (χ3n) is 1.66. The van der Waals surface area contributed by atoms with Gasteiger partial charge in [0.25, 0.3) is 0 Å². The molecule has 0 fully saturated rings. The normalized spacial score (nSPS) is 15.4. The summed E-state index contributed by atoms with van der Waals surface area (Å²) in [7, 11) is 0. The van der Waals surface area contributed by atoms with Gasteiger partial charge in [-0.25, -0.2) is 4.68 Å². The zero-order valence-electron chi connectivity index (χ0n) is 5.95. The second-order valence-electron chi connectivity index (χ2n) is 2.40. The van der Waals surface area contributed by atoms with Gasteiger partial charge in [0.1, 0.15) is 5.69 Å². The summed E-state index contributed by atoms with van der Waals surface area (Å²) in [5.74, 6) is 0.624. The lowest BCUT2D eigenvalue weighted by Gasteiger charge is -2.15. The topological polar surface area (TPSA) is 59.3 Å². The first-order valence-electron chi connectivity index (χ1n) is 3.50. The fraction of sp³-hybridized carbons (Fsp3) is 0.500. The van der Waals surface area contributed by atoms with Gasteiger partial charge in [-0.3, -0.25) is 10.7 Å². The predicted molar refractivity (Wildman–Crippen MR) is 37.7 cm³/mol. The molecule has 1 aromatic rings. The fourth-order valence-corrected chi connectivity index (χ4v) is 1.15. The van der Waals surface area contributed by atoms with Crippen molar-refractivity contribution in [3.05, 3.63) is 6.20 Å². The van der Waals surface area contributed by atoms with E-state index in [0.717, 1.165) is 13.0 Å². The Kier molecular flexibility index (Phi) is 1.43. The van der Waals surface area contributed by atoms with Crippen molar-refractivity contribution in [1.82, 2.24) is 9.78 Å². The summed E-state index contributed by atoms with van der Waals surface area (Å²) in [6.45, 7) is 1.55. The average Bonchev–Trinajstić information content (AvgIpc) is 2.47. The lowest BCUT2D eigenvalue weighted by molar-refractivity contribution is 0.229. The molecule has 1 aliphatic rings. The Labute approximate surface area is 63.5 Å². The Morgan fingerprint density at radius 1 is 1.73 bits per heavy atom. The van der Waals surface area contributed by atoms with Crippen molar-refractivity contribution in [1.29, 1.82) is 0 Å². The van der Waals surface area contributed by atoms with E-state index in [2.05, 4.69) is 5.10 Å². The Morgan fingerprint density at radius 3 is 3.45 bits per heavy atom. The van der Waals surface area contributed by atoms with E-state index in [1.165, 1.54) is 0 Å². The number of hydrogen-bond donors (Lipinski definition) is 2. The van der Waals surface area contributed by atoms with Crippen LogP contribution >= 0.6 is 0 Å². The van der Waals surface area contributed by atoms with Crippen molar-refractivity contribution in [2.75, 3.05) is 12.1 Å². The van der Waals surface area contributed by atoms with Gasteiger partial charge < -0.3 is 4.74 Å². The molecule has 2 rings (SSSR count). The molecule has 0 aromatic carbocycles. The molecular weight excluding hydrogens is 146 g/mol. The summed E-state index contributed by atoms with van der Waals surface area (Å²) in [5, 5.41) is 12.6. The molecule has 0 atom stereocenters. The molecule has 0 unspecified atom stereocenters. The molecule has 1 aromatic heterocycles. The largest absolute Gasteiger partial charge is 0.476 e. The summed E-state index contributed by atoms with van der Waals surface area (Å²) < 4.78 is 6.99. The molecule has 0 saturated carbocycles. The monoisotopic (exact) mass is 155 g/mol. The highest BCUT2D eigenvalue weighted by molar-refractivity contribution is 5.49. The van der Waals surface area contributed by atoms with Gasteiger partial charge in [-0.1, -0.05) is 0 Å². The maximum Gasteiger partial charge on any atom is 0.238 e. The summed E-state index contributed by atoms with van der Waals surface area (Å²) in [5.41, 5.74) is 2.56. The van der Waals surface area contributed by atoms with Crippen molar-refractivity contribution in [3.63, 3.8) is 0 Å². The molecule has 2 N–H and O–H groups in total. The van der Waals surface area contributed by atoms with Crippen molar-refractivity contribution < 1.29 is 9.94 Å². The van der Waals surface area contributed by atoms with Crippen LogP contribution in [-0.4, -0.2) is 21.6 Å². The van der Waals surface area contributed by atoms with Crippen LogP contribution in [0.25, 0.3) is 0 Å². The van der Waals surface area contributed by atoms with Crippen LogP contribution in [-0.2, 0) is 6.54 Å². The highest BCUT2D eigenvalue weighted by atomic mass is 16.5. The molecule has 5 heteroatoms. The molecule has 11 heavy (non-hydrogen) atoms. The van der Waals surface area contributed by atoms with Gasteiger partial charge in [0.05, 0.1) is 12.8 Å². The standard InChI is InChI=1S/C6H9N3O2/c10-8-5-4-7-9-2-1-3-11-6(5)9/h4,8,10H,1-3H2. The quantitative estimate of drug-likeness (QED) is 0.578. The number of fused-ring (bicyclic) bond motifs is 1. The van der Waals surface area contributed by atoms with Crippen molar-refractivity contribution in [2.24, 2.45) is 0 Å². The van der Waals surface area contributed by atoms with E-state index < -0.39 is 0 Å². The number of aryl methyl sites for hydroxylation is 1. The van der Waals surface area contributed by atoms with Crippen LogP contribution in [0.2, 0.25) is 0 Å². The third-order valence-corrected chi connectivity index (χ3v) is 1.66. The maximum absolute atomic E-state index is 8.60. The van der Waals surface area contributed by atoms with Gasteiger partial charge >= 0.3 is 0 Å². The van der Waals surface area contributed by atoms with Crippen molar-refractivity contribution in [3.8, 4) is 5.88 Å². The first-order valence-corrected chi connectivity index (χ1v) is 3.50. The molecule has 0 amide bonds. The van der Waals surface area contributed by atoms with E-state index in [-0.39, 0.29) is 0 Å². The molecule has 0 aliphatic carbocycles. The van der Waals surface area contributed by atoms with E-state index in [1.807, 2.05) is 5.48 Å². The minimum Gasteiger partial charge on any atom is -0.476 e. The van der Waals surface area contributed by atoms with E-state index in [0.29, 0.717) is 18.2 Å². The number of anilines is 1. The van der Waals surface area contributed by atoms with Gasteiger partial charge in [0.15, 0.2) is 0 Å². The second kappa shape index (κ2) is 2.43. The highest BCUT2D eigenvalue weighted by Crippen LogP contribution is 2.25. The molecule has 0 spiro atoms. The molecular formula is C6H9N3O2. The maximum atomic E-state index is 8.60. The minimum atomic E-state index is 0.532. The lowest BCUT2D eigenvalue weighted by atomic mass is 10.4. The van der Waals surface area contributed by atoms with E-state index >= 15 is 0 Å². The average molecular weight is 155 g/mol. The van der Waals surface area contributed by atoms with Crippen LogP contribution in [0.4, 0.5) is 5.69 Å². The van der Waals surface area contributed by atoms with Gasteiger partial charge in [-0.05, 0) is 0 Å². The van der Waals surface area contributed by atoms with Crippen LogP contribution < -0.4 is 10.2 Å². The van der Waals surface area contributed by atoms with Gasteiger partial charge in [0, 0.05) is 13.0 Å². The van der Waals surface area contributed by atoms with Crippen LogP contribution in [0.15, 0.2) is 6.20 Å². The number of rotatable bonds is 1. The SMILES string of the molecule is ONc1cnn2c1OCCC2. The summed E-state index contributed by atoms with van der Waals surface area (Å²) in [6, 6.07) is 0. The molecule has 1 aliphatic heterocycles. The summed E-state index contributed by atoms with van der Waals surface area (Å²) in [4.78, 5) is 0. The number of nitrogens with zero attached hydrogens (tertiary/aromatic N) is 2. The van der Waals surface area contributed by atoms with Gasteiger partial charge in [0.2, 0.25) is 5.88 Å². The van der Waals surface area contributed by atoms with Crippen LogP contribution in [0.3, 0.4) is 0 Å². The summed E-state index contributed by atoms with van der Waals surface area (Å²) >= 11 is 0. The zero-order chi connectivity index (χ0) is 7.68. The lowest BCUT2D eigenvalue weighted by Crippen LogP contribution is -2.15. The first-order chi connectivity index (χ1) is 5.42. The molecule has 0 radical (unpaired) electrons. The van der Waals surface area contributed by atoms with Crippen LogP contribution in [0.1, 0.15) is 6.42 Å². The van der Waals surface area contributed by atoms with E-state index in [1.54, 1.807) is 10.9 Å². The number of nitrogens with one attached hydrogen (secondary N) is 1. The van der Waals surface area contributed by atoms with Crippen LogP contribution in [0.5, 0.6) is 5.88 Å². The summed E-state index contributed by atoms with van der Waals surface area (Å²) in [6.07, 6.45) is 2.51. The highest BCUT2D eigenvalue weighted by Gasteiger charge is 2.14. The minimum absolute atomic E-state index is 0.532. The van der Waals surface area contributed by atoms with Gasteiger partial charge in [-0.15, -0.1) is 0 Å². The van der Waals surface area contributed by atoms with Crippen molar-refractivity contribution >= 4 is 5.69 Å². The fourth-order valence-electron chi connectivity index (χ4n) is 1.15. The third kappa shape index (κ3) is 0.932. The van der Waals surface area contributed by atoms with Crippen molar-refractivity contribution in [2.45, 2.75) is 13.0 Å². The molecule has 2 heterocycles. The second-order valence-corrected chi connectivity index (χ2v) is 2.40. The molecule has 0 saturated heterocycles. The Balaban J connectivity index is 2.38. The van der Waals surface area contributed by atoms with E-state index in [4.69, 9.17) is 9.94 Å². The Bertz CT molecular complexity index is 245. The number of aromatic nitrogens is 2. The van der Waals surface area contributed by atoms with Gasteiger partial charge in [-0.2, -0.15) is 5.10 Å². The Hall–Kier alpha value is -1.23. The first kappa shape index (κ1) is 6.48. The number of hydrogen-bond acceptors (Lipinski definition) is 4. The van der Waals surface area contributed by atoms with E-state index in [9.17, 15) is 0 Å². The zero-order valence-corrected chi connectivity index (χ0v) is 5.95. The number of ether oxygens (including phenoxy) is 1. The predicted octanol–water partition coefficient (Wildman–Crippen LogP) is 0.467. The smallest absolute Gasteiger partial charge is 0.238 e. The molecule has 5 nitrogen and oxygen atoms in total.